The first-order chi connectivity index (χ1) is 20.5. The number of nitrogens with zero attached hydrogens (tertiary/aromatic N) is 7. The number of hydrogen-bond donors (Lipinski definition) is 2. The first kappa shape index (κ1) is 25.6. The summed E-state index contributed by atoms with van der Waals surface area (Å²) >= 11 is 0. The number of carbonyl (C=O) groups is 2. The van der Waals surface area contributed by atoms with Crippen molar-refractivity contribution in [3.8, 4) is 22.9 Å². The van der Waals surface area contributed by atoms with Gasteiger partial charge in [-0.05, 0) is 85.4 Å². The van der Waals surface area contributed by atoms with Crippen LogP contribution in [0.5, 0.6) is 0 Å². The van der Waals surface area contributed by atoms with Crippen molar-refractivity contribution < 1.29 is 9.59 Å². The van der Waals surface area contributed by atoms with Gasteiger partial charge in [-0.2, -0.15) is 5.10 Å². The minimum absolute atomic E-state index is 0.116. The molecule has 11 heteroatoms. The highest BCUT2D eigenvalue weighted by Crippen LogP contribution is 2.36. The lowest BCUT2D eigenvalue weighted by Crippen LogP contribution is -2.46. The zero-order valence-electron chi connectivity index (χ0n) is 22.8. The van der Waals surface area contributed by atoms with E-state index < -0.39 is 6.04 Å². The maximum absolute atomic E-state index is 13.2. The van der Waals surface area contributed by atoms with Gasteiger partial charge < -0.3 is 16.0 Å². The van der Waals surface area contributed by atoms with Crippen molar-refractivity contribution in [2.45, 2.75) is 37.8 Å². The maximum Gasteiger partial charge on any atom is 0.246 e. The molecule has 3 N–H and O–H groups in total. The van der Waals surface area contributed by atoms with Crippen LogP contribution in [0.15, 0.2) is 79.8 Å². The number of nitrogen functional groups attached to an aromatic ring is 1. The third-order valence-electron chi connectivity index (χ3n) is 8.10. The average Bonchev–Trinajstić information content (AvgIpc) is 3.82. The Morgan fingerprint density at radius 1 is 1.07 bits per heavy atom. The number of benzene rings is 1. The number of aromatic nitrogens is 6. The standard InChI is InChI=1S/C31H29N9O2/c1-2-27(41)38-16-4-7-25(38)31(42)36-23-11-8-19-18-20(9-10-21(19)23)40-29(22-6-3-14-33-28(22)32)35-24-12-13-26(37-30(24)40)39-17-5-15-34-39/h2-3,5-6,9-10,12-15,17-18,23,25H,1,4,7-8,11,16H2,(H2,32,33)(H,36,42)/t23-,25+/m0/s1. The van der Waals surface area contributed by atoms with Gasteiger partial charge in [-0.25, -0.2) is 19.6 Å². The van der Waals surface area contributed by atoms with Crippen molar-refractivity contribution in [2.75, 3.05) is 12.3 Å². The molecule has 1 saturated heterocycles. The summed E-state index contributed by atoms with van der Waals surface area (Å²) in [6, 6.07) is 15.0. The summed E-state index contributed by atoms with van der Waals surface area (Å²) in [6.45, 7) is 4.16. The van der Waals surface area contributed by atoms with Gasteiger partial charge in [0, 0.05) is 30.8 Å². The van der Waals surface area contributed by atoms with Crippen molar-refractivity contribution in [1.29, 1.82) is 0 Å². The number of pyridine rings is 2. The summed E-state index contributed by atoms with van der Waals surface area (Å²) in [5.74, 6) is 1.36. The minimum Gasteiger partial charge on any atom is -0.383 e. The van der Waals surface area contributed by atoms with E-state index in [1.807, 2.05) is 47.2 Å². The summed E-state index contributed by atoms with van der Waals surface area (Å²) in [4.78, 5) is 41.2. The largest absolute Gasteiger partial charge is 0.383 e. The van der Waals surface area contributed by atoms with Crippen LogP contribution in [-0.4, -0.2) is 58.6 Å². The highest BCUT2D eigenvalue weighted by Gasteiger charge is 2.35. The molecule has 0 saturated carbocycles. The molecule has 2 atom stereocenters. The first-order valence-corrected chi connectivity index (χ1v) is 14.0. The molecule has 1 aliphatic carbocycles. The second kappa shape index (κ2) is 10.3. The Bertz CT molecular complexity index is 1840. The minimum atomic E-state index is -0.460. The second-order valence-corrected chi connectivity index (χ2v) is 10.5. The quantitative estimate of drug-likeness (QED) is 0.304. The number of aryl methyl sites for hydroxylation is 1. The molecule has 0 spiro atoms. The molecule has 5 aromatic rings. The van der Waals surface area contributed by atoms with Gasteiger partial charge in [0.25, 0.3) is 0 Å². The van der Waals surface area contributed by atoms with E-state index in [-0.39, 0.29) is 17.9 Å². The predicted molar refractivity (Wildman–Crippen MR) is 158 cm³/mol. The van der Waals surface area contributed by atoms with Gasteiger partial charge in [-0.15, -0.1) is 0 Å². The summed E-state index contributed by atoms with van der Waals surface area (Å²) in [7, 11) is 0. The molecule has 0 unspecified atom stereocenters. The Kier molecular flexibility index (Phi) is 6.26. The number of imidazole rings is 1. The highest BCUT2D eigenvalue weighted by atomic mass is 16.2. The Hall–Kier alpha value is -5.32. The van der Waals surface area contributed by atoms with E-state index in [2.05, 4.69) is 34.1 Å². The normalized spacial score (nSPS) is 17.9. The fourth-order valence-electron chi connectivity index (χ4n) is 6.09. The molecule has 1 aromatic carbocycles. The molecule has 1 fully saturated rings. The highest BCUT2D eigenvalue weighted by molar-refractivity contribution is 5.93. The number of nitrogens with one attached hydrogen (secondary N) is 1. The lowest BCUT2D eigenvalue weighted by Gasteiger charge is -2.24. The van der Waals surface area contributed by atoms with Crippen molar-refractivity contribution in [3.05, 3.63) is 90.9 Å². The predicted octanol–water partition coefficient (Wildman–Crippen LogP) is 3.53. The molecule has 210 valence electrons. The Balaban J connectivity index is 1.26. The number of anilines is 1. The van der Waals surface area contributed by atoms with Crippen LogP contribution in [0.3, 0.4) is 0 Å². The van der Waals surface area contributed by atoms with Gasteiger partial charge in [-0.3, -0.25) is 14.2 Å². The number of carbonyl (C=O) groups excluding carboxylic acids is 2. The van der Waals surface area contributed by atoms with E-state index >= 15 is 0 Å². The summed E-state index contributed by atoms with van der Waals surface area (Å²) < 4.78 is 3.71. The molecular weight excluding hydrogens is 530 g/mol. The first-order valence-electron chi connectivity index (χ1n) is 14.0. The van der Waals surface area contributed by atoms with Gasteiger partial charge in [0.1, 0.15) is 17.4 Å². The summed E-state index contributed by atoms with van der Waals surface area (Å²) in [5.41, 5.74) is 11.5. The van der Waals surface area contributed by atoms with Crippen LogP contribution in [0.2, 0.25) is 0 Å². The molecule has 2 amide bonds. The van der Waals surface area contributed by atoms with Crippen LogP contribution in [0, 0.1) is 0 Å². The molecule has 7 rings (SSSR count). The Labute approximate surface area is 241 Å². The topological polar surface area (TPSA) is 137 Å². The van der Waals surface area contributed by atoms with E-state index in [1.54, 1.807) is 22.0 Å². The number of amides is 2. The van der Waals surface area contributed by atoms with Crippen molar-refractivity contribution in [2.24, 2.45) is 0 Å². The maximum atomic E-state index is 13.2. The average molecular weight is 560 g/mol. The van der Waals surface area contributed by atoms with Crippen molar-refractivity contribution in [3.63, 3.8) is 0 Å². The van der Waals surface area contributed by atoms with E-state index in [1.165, 1.54) is 6.08 Å². The smallest absolute Gasteiger partial charge is 0.246 e. The van der Waals surface area contributed by atoms with E-state index in [0.717, 1.165) is 36.1 Å². The van der Waals surface area contributed by atoms with Crippen LogP contribution >= 0.6 is 0 Å². The third kappa shape index (κ3) is 4.30. The Morgan fingerprint density at radius 3 is 2.79 bits per heavy atom. The molecule has 5 heterocycles. The molecule has 0 radical (unpaired) electrons. The van der Waals surface area contributed by atoms with Gasteiger partial charge in [0.15, 0.2) is 17.3 Å². The van der Waals surface area contributed by atoms with Gasteiger partial charge in [0.2, 0.25) is 11.8 Å². The van der Waals surface area contributed by atoms with Gasteiger partial charge in [0.05, 0.1) is 11.6 Å². The van der Waals surface area contributed by atoms with Gasteiger partial charge >= 0.3 is 0 Å². The monoisotopic (exact) mass is 559 g/mol. The molecule has 4 aromatic heterocycles. The third-order valence-corrected chi connectivity index (χ3v) is 8.10. The van der Waals surface area contributed by atoms with E-state index in [9.17, 15) is 9.59 Å². The number of likely N-dealkylation sites (tertiary alicyclic amines) is 1. The fourth-order valence-corrected chi connectivity index (χ4v) is 6.09. The molecular formula is C31H29N9O2. The molecule has 0 bridgehead atoms. The lowest BCUT2D eigenvalue weighted by atomic mass is 10.1. The van der Waals surface area contributed by atoms with Crippen LogP contribution in [0.4, 0.5) is 5.82 Å². The fraction of sp³-hybridized carbons (Fsp3) is 0.226. The van der Waals surface area contributed by atoms with Crippen LogP contribution in [0.25, 0.3) is 34.1 Å². The van der Waals surface area contributed by atoms with Crippen LogP contribution in [0.1, 0.15) is 36.4 Å². The summed E-state index contributed by atoms with van der Waals surface area (Å²) in [6.07, 6.45) is 9.53. The molecule has 42 heavy (non-hydrogen) atoms. The van der Waals surface area contributed by atoms with Crippen molar-refractivity contribution >= 4 is 28.8 Å². The number of rotatable bonds is 6. The SMILES string of the molecule is C=CC(=O)N1CCC[C@@H]1C(=O)N[C@H]1CCc2cc(-n3c(-c4cccnc4N)nc4ccc(-n5cccn5)nc43)ccc21. The van der Waals surface area contributed by atoms with E-state index in [4.69, 9.17) is 15.7 Å². The number of nitrogens with two attached hydrogens (primary N) is 1. The van der Waals surface area contributed by atoms with Crippen LogP contribution in [-0.2, 0) is 16.0 Å². The van der Waals surface area contributed by atoms with Gasteiger partial charge in [-0.1, -0.05) is 12.6 Å². The molecule has 11 nitrogen and oxygen atoms in total. The number of hydrogen-bond acceptors (Lipinski definition) is 7. The van der Waals surface area contributed by atoms with Crippen molar-refractivity contribution in [1.82, 2.24) is 39.5 Å². The Morgan fingerprint density at radius 2 is 1.98 bits per heavy atom. The van der Waals surface area contributed by atoms with Crippen LogP contribution < -0.4 is 11.1 Å². The molecule has 1 aliphatic heterocycles. The lowest BCUT2D eigenvalue weighted by molar-refractivity contribution is -0.135. The zero-order chi connectivity index (χ0) is 28.8. The van der Waals surface area contributed by atoms with E-state index in [0.29, 0.717) is 47.2 Å². The summed E-state index contributed by atoms with van der Waals surface area (Å²) in [5, 5.41) is 7.54. The second-order valence-electron chi connectivity index (χ2n) is 10.5. The molecule has 2 aliphatic rings. The number of fused-ring (bicyclic) bond motifs is 2. The zero-order valence-corrected chi connectivity index (χ0v) is 22.8.